The van der Waals surface area contributed by atoms with E-state index in [1.54, 1.807) is 12.1 Å². The highest BCUT2D eigenvalue weighted by Gasteiger charge is 2.47. The van der Waals surface area contributed by atoms with Crippen molar-refractivity contribution in [1.29, 1.82) is 0 Å². The fourth-order valence-electron chi connectivity index (χ4n) is 3.70. The number of anilines is 1. The van der Waals surface area contributed by atoms with E-state index in [1.165, 1.54) is 6.07 Å². The Kier molecular flexibility index (Phi) is 5.22. The van der Waals surface area contributed by atoms with Gasteiger partial charge >= 0.3 is 6.03 Å². The number of imide groups is 1. The third-order valence-electron chi connectivity index (χ3n) is 5.22. The van der Waals surface area contributed by atoms with Crippen molar-refractivity contribution in [3.05, 3.63) is 30.1 Å². The predicted molar refractivity (Wildman–Crippen MR) is 94.0 cm³/mol. The van der Waals surface area contributed by atoms with Gasteiger partial charge in [0.2, 0.25) is 0 Å². The van der Waals surface area contributed by atoms with Crippen LogP contribution in [0.4, 0.5) is 14.9 Å². The van der Waals surface area contributed by atoms with Crippen molar-refractivity contribution in [1.82, 2.24) is 16.0 Å². The molecule has 1 aromatic carbocycles. The summed E-state index contributed by atoms with van der Waals surface area (Å²) >= 11 is 0. The fraction of sp³-hybridized carbons (Fsp3) is 0.556. The Labute approximate surface area is 147 Å². The summed E-state index contributed by atoms with van der Waals surface area (Å²) in [6.07, 6.45) is 3.95. The first-order valence-corrected chi connectivity index (χ1v) is 8.83. The zero-order chi connectivity index (χ0) is 17.9. The van der Waals surface area contributed by atoms with Crippen LogP contribution >= 0.6 is 0 Å². The Bertz CT molecular complexity index is 644. The van der Waals surface area contributed by atoms with Crippen LogP contribution in [-0.2, 0) is 4.79 Å². The molecule has 0 aromatic heterocycles. The Hall–Kier alpha value is -2.15. The summed E-state index contributed by atoms with van der Waals surface area (Å²) in [6, 6.07) is 6.76. The minimum atomic E-state index is -0.694. The molecule has 7 heteroatoms. The molecular formula is C18H25FN4O2. The lowest BCUT2D eigenvalue weighted by Gasteiger charge is -2.35. The summed E-state index contributed by atoms with van der Waals surface area (Å²) in [6.45, 7) is 1.61. The second-order valence-corrected chi connectivity index (χ2v) is 6.95. The molecule has 1 aliphatic carbocycles. The molecule has 1 saturated heterocycles. The van der Waals surface area contributed by atoms with E-state index in [0.717, 1.165) is 32.4 Å². The van der Waals surface area contributed by atoms with E-state index in [-0.39, 0.29) is 17.8 Å². The third kappa shape index (κ3) is 3.92. The summed E-state index contributed by atoms with van der Waals surface area (Å²) in [5.74, 6) is -0.394. The van der Waals surface area contributed by atoms with Crippen LogP contribution in [0.3, 0.4) is 0 Å². The van der Waals surface area contributed by atoms with Gasteiger partial charge in [0.05, 0.1) is 5.69 Å². The molecule has 1 saturated carbocycles. The zero-order valence-corrected chi connectivity index (χ0v) is 14.5. The van der Waals surface area contributed by atoms with Gasteiger partial charge in [0.1, 0.15) is 11.4 Å². The Morgan fingerprint density at radius 2 is 2.00 bits per heavy atom. The number of para-hydroxylation sites is 1. The molecule has 6 nitrogen and oxygen atoms in total. The standard InChI is InChI=1S/C18H25FN4O2/c1-23(15-6-3-2-5-14(15)19)12-4-11-20-13-7-9-18(10-8-13)16(24)21-17(25)22-18/h2-3,5-6,13,20H,4,7-12H2,1H3,(H2,21,22,24,25). The smallest absolute Gasteiger partial charge is 0.322 e. The van der Waals surface area contributed by atoms with Crippen molar-refractivity contribution in [3.8, 4) is 0 Å². The summed E-state index contributed by atoms with van der Waals surface area (Å²) in [7, 11) is 1.89. The molecule has 3 amide bonds. The van der Waals surface area contributed by atoms with Crippen LogP contribution < -0.4 is 20.9 Å². The Morgan fingerprint density at radius 3 is 2.64 bits per heavy atom. The van der Waals surface area contributed by atoms with Gasteiger partial charge in [-0.1, -0.05) is 12.1 Å². The number of nitrogens with zero attached hydrogens (tertiary/aromatic N) is 1. The molecule has 3 N–H and O–H groups in total. The monoisotopic (exact) mass is 348 g/mol. The molecule has 0 unspecified atom stereocenters. The van der Waals surface area contributed by atoms with Crippen LogP contribution in [0.2, 0.25) is 0 Å². The average molecular weight is 348 g/mol. The largest absolute Gasteiger partial charge is 0.372 e. The van der Waals surface area contributed by atoms with Crippen molar-refractivity contribution >= 4 is 17.6 Å². The highest BCUT2D eigenvalue weighted by molar-refractivity contribution is 6.07. The minimum Gasteiger partial charge on any atom is -0.372 e. The second-order valence-electron chi connectivity index (χ2n) is 6.95. The number of benzene rings is 1. The normalized spacial score (nSPS) is 25.8. The topological polar surface area (TPSA) is 73.5 Å². The molecular weight excluding hydrogens is 323 g/mol. The van der Waals surface area contributed by atoms with E-state index in [2.05, 4.69) is 16.0 Å². The maximum atomic E-state index is 13.7. The molecule has 1 aliphatic heterocycles. The van der Waals surface area contributed by atoms with Gasteiger partial charge in [-0.05, 0) is 50.8 Å². The first-order valence-electron chi connectivity index (χ1n) is 8.83. The van der Waals surface area contributed by atoms with E-state index in [0.29, 0.717) is 24.6 Å². The third-order valence-corrected chi connectivity index (χ3v) is 5.22. The zero-order valence-electron chi connectivity index (χ0n) is 14.5. The van der Waals surface area contributed by atoms with Gasteiger partial charge < -0.3 is 15.5 Å². The number of amides is 3. The number of hydrogen-bond donors (Lipinski definition) is 3. The van der Waals surface area contributed by atoms with Crippen molar-refractivity contribution in [2.75, 3.05) is 25.0 Å². The molecule has 2 aliphatic rings. The Morgan fingerprint density at radius 1 is 1.28 bits per heavy atom. The molecule has 0 radical (unpaired) electrons. The number of halogens is 1. The van der Waals surface area contributed by atoms with Gasteiger partial charge in [-0.15, -0.1) is 0 Å². The van der Waals surface area contributed by atoms with Gasteiger partial charge in [0.15, 0.2) is 0 Å². The molecule has 2 fully saturated rings. The van der Waals surface area contributed by atoms with Gasteiger partial charge in [0.25, 0.3) is 5.91 Å². The molecule has 1 aromatic rings. The van der Waals surface area contributed by atoms with Crippen molar-refractivity contribution in [2.24, 2.45) is 0 Å². The van der Waals surface area contributed by atoms with Crippen LogP contribution in [-0.4, -0.2) is 43.7 Å². The van der Waals surface area contributed by atoms with Crippen LogP contribution in [0.5, 0.6) is 0 Å². The fourth-order valence-corrected chi connectivity index (χ4v) is 3.70. The van der Waals surface area contributed by atoms with E-state index < -0.39 is 5.54 Å². The van der Waals surface area contributed by atoms with Gasteiger partial charge in [0, 0.05) is 19.6 Å². The van der Waals surface area contributed by atoms with E-state index >= 15 is 0 Å². The van der Waals surface area contributed by atoms with E-state index in [9.17, 15) is 14.0 Å². The van der Waals surface area contributed by atoms with Crippen molar-refractivity contribution in [3.63, 3.8) is 0 Å². The molecule has 0 bridgehead atoms. The Balaban J connectivity index is 1.37. The molecule has 1 heterocycles. The van der Waals surface area contributed by atoms with Crippen LogP contribution in [0.25, 0.3) is 0 Å². The minimum absolute atomic E-state index is 0.192. The lowest BCUT2D eigenvalue weighted by atomic mass is 9.79. The SMILES string of the molecule is CN(CCCNC1CCC2(CC1)NC(=O)NC2=O)c1ccccc1F. The predicted octanol–water partition coefficient (Wildman–Crippen LogP) is 1.76. The number of hydrogen-bond acceptors (Lipinski definition) is 4. The lowest BCUT2D eigenvalue weighted by molar-refractivity contribution is -0.125. The average Bonchev–Trinajstić information content (AvgIpc) is 2.87. The first-order chi connectivity index (χ1) is 12.0. The van der Waals surface area contributed by atoms with Crippen LogP contribution in [0, 0.1) is 5.82 Å². The van der Waals surface area contributed by atoms with E-state index in [1.807, 2.05) is 18.0 Å². The molecule has 1 spiro atoms. The molecule has 136 valence electrons. The highest BCUT2D eigenvalue weighted by atomic mass is 19.1. The van der Waals surface area contributed by atoms with Crippen LogP contribution in [0.15, 0.2) is 24.3 Å². The summed E-state index contributed by atoms with van der Waals surface area (Å²) in [5.41, 5.74) is -0.0783. The summed E-state index contributed by atoms with van der Waals surface area (Å²) in [5, 5.41) is 8.62. The van der Waals surface area contributed by atoms with Crippen molar-refractivity contribution in [2.45, 2.75) is 43.7 Å². The first kappa shape index (κ1) is 17.7. The number of carbonyl (C=O) groups excluding carboxylic acids is 2. The van der Waals surface area contributed by atoms with Gasteiger partial charge in [-0.25, -0.2) is 9.18 Å². The van der Waals surface area contributed by atoms with Crippen molar-refractivity contribution < 1.29 is 14.0 Å². The number of nitrogens with one attached hydrogen (secondary N) is 3. The maximum absolute atomic E-state index is 13.7. The van der Waals surface area contributed by atoms with E-state index in [4.69, 9.17) is 0 Å². The number of urea groups is 1. The van der Waals surface area contributed by atoms with Crippen LogP contribution in [0.1, 0.15) is 32.1 Å². The summed E-state index contributed by atoms with van der Waals surface area (Å²) < 4.78 is 13.7. The number of rotatable bonds is 6. The molecule has 3 rings (SSSR count). The maximum Gasteiger partial charge on any atom is 0.322 e. The van der Waals surface area contributed by atoms with Gasteiger partial charge in [-0.2, -0.15) is 0 Å². The quantitative estimate of drug-likeness (QED) is 0.541. The molecule has 0 atom stereocenters. The van der Waals surface area contributed by atoms with Gasteiger partial charge in [-0.3, -0.25) is 10.1 Å². The summed E-state index contributed by atoms with van der Waals surface area (Å²) in [4.78, 5) is 25.2. The lowest BCUT2D eigenvalue weighted by Crippen LogP contribution is -2.52. The second kappa shape index (κ2) is 7.39. The molecule has 25 heavy (non-hydrogen) atoms. The number of carbonyl (C=O) groups is 2. The highest BCUT2D eigenvalue weighted by Crippen LogP contribution is 2.30.